The third-order valence-corrected chi connectivity index (χ3v) is 5.40. The summed E-state index contributed by atoms with van der Waals surface area (Å²) in [5.74, 6) is -1.12. The van der Waals surface area contributed by atoms with Crippen LogP contribution in [0.25, 0.3) is 16.6 Å². The molecule has 5 nitrogen and oxygen atoms in total. The highest BCUT2D eigenvalue weighted by Gasteiger charge is 2.31. The molecule has 34 heavy (non-hydrogen) atoms. The number of alkyl halides is 1. The average Bonchev–Trinajstić information content (AvgIpc) is 3.20. The van der Waals surface area contributed by atoms with Crippen molar-refractivity contribution in [3.05, 3.63) is 90.1 Å². The molecule has 0 radical (unpaired) electrons. The molecule has 0 spiro atoms. The number of carbonyl (C=O) groups excluding carboxylic acids is 1. The van der Waals surface area contributed by atoms with E-state index in [1.807, 2.05) is 0 Å². The minimum atomic E-state index is -2.07. The fourth-order valence-corrected chi connectivity index (χ4v) is 3.62. The summed E-state index contributed by atoms with van der Waals surface area (Å²) in [4.78, 5) is 12.2. The summed E-state index contributed by atoms with van der Waals surface area (Å²) >= 11 is 0. The summed E-state index contributed by atoms with van der Waals surface area (Å²) in [6.45, 7) is 4.00. The van der Waals surface area contributed by atoms with Crippen molar-refractivity contribution >= 4 is 16.8 Å². The number of hydrogen-bond acceptors (Lipinski definition) is 3. The van der Waals surface area contributed by atoms with E-state index in [0.717, 1.165) is 10.9 Å². The Morgan fingerprint density at radius 1 is 1.03 bits per heavy atom. The summed E-state index contributed by atoms with van der Waals surface area (Å²) in [6, 6.07) is 16.5. The maximum atomic E-state index is 14.1. The highest BCUT2D eigenvalue weighted by Crippen LogP contribution is 2.29. The number of fused-ring (bicyclic) bond motifs is 1. The van der Waals surface area contributed by atoms with Gasteiger partial charge in [0.15, 0.2) is 5.67 Å². The molecule has 2 unspecified atom stereocenters. The Labute approximate surface area is 195 Å². The number of aromatic nitrogens is 2. The maximum absolute atomic E-state index is 14.1. The lowest BCUT2D eigenvalue weighted by Crippen LogP contribution is -2.46. The molecule has 8 heteroatoms. The van der Waals surface area contributed by atoms with Crippen LogP contribution in [0.2, 0.25) is 0 Å². The van der Waals surface area contributed by atoms with Crippen molar-refractivity contribution in [2.75, 3.05) is 0 Å². The Morgan fingerprint density at radius 3 is 2.44 bits per heavy atom. The molecule has 0 saturated heterocycles. The first-order chi connectivity index (χ1) is 16.1. The Bertz CT molecular complexity index is 1310. The van der Waals surface area contributed by atoms with E-state index in [4.69, 9.17) is 4.74 Å². The normalized spacial score (nSPS) is 13.5. The summed E-state index contributed by atoms with van der Waals surface area (Å²) < 4.78 is 49.2. The minimum Gasteiger partial charge on any atom is -0.484 e. The van der Waals surface area contributed by atoms with Crippen molar-refractivity contribution in [1.82, 2.24) is 15.1 Å². The van der Waals surface area contributed by atoms with E-state index < -0.39 is 29.5 Å². The molecule has 1 N–H and O–H groups in total. The number of carbonyl (C=O) groups is 1. The van der Waals surface area contributed by atoms with Gasteiger partial charge in [-0.1, -0.05) is 12.1 Å². The Morgan fingerprint density at radius 2 is 1.76 bits per heavy atom. The summed E-state index contributed by atoms with van der Waals surface area (Å²) in [5, 5.41) is 7.76. The van der Waals surface area contributed by atoms with Gasteiger partial charge in [0.25, 0.3) is 5.91 Å². The lowest BCUT2D eigenvalue weighted by molar-refractivity contribution is -0.132. The zero-order valence-electron chi connectivity index (χ0n) is 18.9. The number of benzene rings is 3. The smallest absolute Gasteiger partial charge is 0.257 e. The molecular weight excluding hydrogens is 443 g/mol. The van der Waals surface area contributed by atoms with Gasteiger partial charge in [-0.3, -0.25) is 4.79 Å². The Balaban J connectivity index is 1.64. The van der Waals surface area contributed by atoms with Gasteiger partial charge in [0.2, 0.25) is 0 Å². The highest BCUT2D eigenvalue weighted by atomic mass is 19.1. The molecule has 0 fully saturated rings. The van der Waals surface area contributed by atoms with Gasteiger partial charge in [-0.25, -0.2) is 17.9 Å². The van der Waals surface area contributed by atoms with Crippen molar-refractivity contribution in [2.24, 2.45) is 0 Å². The molecule has 0 aliphatic heterocycles. The van der Waals surface area contributed by atoms with E-state index in [1.54, 1.807) is 60.3 Å². The lowest BCUT2D eigenvalue weighted by Gasteiger charge is -2.28. The fraction of sp³-hybridized carbons (Fsp3) is 0.231. The SMILES string of the molecule is CC(NC(=O)C(C)(C)F)C(Oc1ccc2c(cnn2-c2ccc(F)cc2)c1)c1cccc(F)c1. The van der Waals surface area contributed by atoms with Gasteiger partial charge in [-0.05, 0) is 80.9 Å². The van der Waals surface area contributed by atoms with Crippen LogP contribution >= 0.6 is 0 Å². The monoisotopic (exact) mass is 467 g/mol. The fourth-order valence-electron chi connectivity index (χ4n) is 3.62. The number of amides is 1. The molecule has 3 aromatic carbocycles. The summed E-state index contributed by atoms with van der Waals surface area (Å²) in [5.41, 5.74) is -0.101. The van der Waals surface area contributed by atoms with Gasteiger partial charge in [0.1, 0.15) is 23.5 Å². The predicted octanol–water partition coefficient (Wildman–Crippen LogP) is 5.68. The zero-order chi connectivity index (χ0) is 24.5. The molecule has 0 aliphatic carbocycles. The van der Waals surface area contributed by atoms with E-state index >= 15 is 0 Å². The molecule has 4 aromatic rings. The van der Waals surface area contributed by atoms with Crippen LogP contribution in [0, 0.1) is 11.6 Å². The van der Waals surface area contributed by atoms with Crippen molar-refractivity contribution < 1.29 is 22.7 Å². The van der Waals surface area contributed by atoms with Crippen LogP contribution in [0.5, 0.6) is 5.75 Å². The molecule has 1 aromatic heterocycles. The second kappa shape index (κ2) is 9.21. The number of halogens is 3. The molecule has 0 aliphatic rings. The largest absolute Gasteiger partial charge is 0.484 e. The van der Waals surface area contributed by atoms with Crippen molar-refractivity contribution in [3.8, 4) is 11.4 Å². The van der Waals surface area contributed by atoms with Gasteiger partial charge in [-0.15, -0.1) is 0 Å². The standard InChI is InChI=1S/C26H24F3N3O2/c1-16(31-25(33)26(2,3)29)24(17-5-4-6-20(28)13-17)34-22-11-12-23-18(14-22)15-30-32(23)21-9-7-19(27)8-10-21/h4-16,24H,1-3H3,(H,31,33). The molecule has 4 rings (SSSR count). The van der Waals surface area contributed by atoms with Crippen LogP contribution in [-0.2, 0) is 4.79 Å². The molecule has 176 valence electrons. The molecule has 0 saturated carbocycles. The second-order valence-corrected chi connectivity index (χ2v) is 8.58. The number of ether oxygens (including phenoxy) is 1. The van der Waals surface area contributed by atoms with E-state index in [9.17, 15) is 18.0 Å². The van der Waals surface area contributed by atoms with Gasteiger partial charge >= 0.3 is 0 Å². The highest BCUT2D eigenvalue weighted by molar-refractivity contribution is 5.84. The van der Waals surface area contributed by atoms with Gasteiger partial charge in [0.05, 0.1) is 23.4 Å². The number of rotatable bonds is 7. The second-order valence-electron chi connectivity index (χ2n) is 8.58. The lowest BCUT2D eigenvalue weighted by atomic mass is 10.0. The van der Waals surface area contributed by atoms with Gasteiger partial charge in [0, 0.05) is 5.39 Å². The topological polar surface area (TPSA) is 56.1 Å². The number of nitrogens with zero attached hydrogens (tertiary/aromatic N) is 2. The van der Waals surface area contributed by atoms with Crippen LogP contribution in [-0.4, -0.2) is 27.4 Å². The Kier molecular flexibility index (Phi) is 6.32. The summed E-state index contributed by atoms with van der Waals surface area (Å²) in [6.07, 6.45) is 0.867. The third kappa shape index (κ3) is 5.06. The number of hydrogen-bond donors (Lipinski definition) is 1. The minimum absolute atomic E-state index is 0.336. The quantitative estimate of drug-likeness (QED) is 0.381. The van der Waals surface area contributed by atoms with Crippen molar-refractivity contribution in [3.63, 3.8) is 0 Å². The Hall–Kier alpha value is -3.81. The van der Waals surface area contributed by atoms with Crippen molar-refractivity contribution in [2.45, 2.75) is 38.6 Å². The molecule has 1 amide bonds. The van der Waals surface area contributed by atoms with E-state index in [1.165, 1.54) is 38.1 Å². The first kappa shape index (κ1) is 23.4. The molecule has 0 bridgehead atoms. The van der Waals surface area contributed by atoms with E-state index in [-0.39, 0.29) is 5.82 Å². The van der Waals surface area contributed by atoms with E-state index in [0.29, 0.717) is 17.0 Å². The van der Waals surface area contributed by atoms with Crippen molar-refractivity contribution in [1.29, 1.82) is 0 Å². The number of nitrogens with one attached hydrogen (secondary N) is 1. The van der Waals surface area contributed by atoms with Gasteiger partial charge < -0.3 is 10.1 Å². The maximum Gasteiger partial charge on any atom is 0.257 e. The van der Waals surface area contributed by atoms with Gasteiger partial charge in [-0.2, -0.15) is 5.10 Å². The van der Waals surface area contributed by atoms with Crippen LogP contribution < -0.4 is 10.1 Å². The molecule has 1 heterocycles. The van der Waals surface area contributed by atoms with Crippen LogP contribution in [0.4, 0.5) is 13.2 Å². The summed E-state index contributed by atoms with van der Waals surface area (Å²) in [7, 11) is 0. The average molecular weight is 467 g/mol. The molecular formula is C26H24F3N3O2. The zero-order valence-corrected chi connectivity index (χ0v) is 18.9. The predicted molar refractivity (Wildman–Crippen MR) is 124 cm³/mol. The first-order valence-corrected chi connectivity index (χ1v) is 10.8. The first-order valence-electron chi connectivity index (χ1n) is 10.8. The molecule has 2 atom stereocenters. The van der Waals surface area contributed by atoms with Crippen LogP contribution in [0.15, 0.2) is 72.9 Å². The van der Waals surface area contributed by atoms with E-state index in [2.05, 4.69) is 10.4 Å². The van der Waals surface area contributed by atoms with Crippen LogP contribution in [0.1, 0.15) is 32.4 Å². The third-order valence-electron chi connectivity index (χ3n) is 5.40. The van der Waals surface area contributed by atoms with Crippen LogP contribution in [0.3, 0.4) is 0 Å².